The Morgan fingerprint density at radius 2 is 1.81 bits per heavy atom. The number of pyridine rings is 1. The molecule has 0 radical (unpaired) electrons. The highest BCUT2D eigenvalue weighted by Crippen LogP contribution is 2.43. The average molecular weight is 421 g/mol. The lowest BCUT2D eigenvalue weighted by Crippen LogP contribution is -2.73. The van der Waals surface area contributed by atoms with Gasteiger partial charge in [-0.15, -0.1) is 10.2 Å². The fourth-order valence-electron chi connectivity index (χ4n) is 5.07. The summed E-state index contributed by atoms with van der Waals surface area (Å²) in [6, 6.07) is 9.41. The van der Waals surface area contributed by atoms with E-state index in [0.29, 0.717) is 0 Å². The highest BCUT2D eigenvalue weighted by atomic mass is 19.1. The first kappa shape index (κ1) is 18.6. The number of anilines is 2. The lowest BCUT2D eigenvalue weighted by atomic mass is 9.73. The molecule has 0 atom stereocenters. The van der Waals surface area contributed by atoms with Crippen molar-refractivity contribution in [3.05, 3.63) is 53.7 Å². The van der Waals surface area contributed by atoms with Crippen molar-refractivity contribution in [3.63, 3.8) is 0 Å². The second kappa shape index (κ2) is 6.65. The first-order valence-electron chi connectivity index (χ1n) is 10.5. The number of benzene rings is 1. The fourth-order valence-corrected chi connectivity index (χ4v) is 5.07. The van der Waals surface area contributed by atoms with Crippen LogP contribution in [0.2, 0.25) is 0 Å². The first-order valence-corrected chi connectivity index (χ1v) is 10.5. The number of rotatable bonds is 3. The Balaban J connectivity index is 1.23. The summed E-state index contributed by atoms with van der Waals surface area (Å²) < 4.78 is 20.8. The Morgan fingerprint density at radius 3 is 2.55 bits per heavy atom. The molecule has 1 spiro atoms. The van der Waals surface area contributed by atoms with Crippen LogP contribution in [-0.2, 0) is 13.1 Å². The third kappa shape index (κ3) is 2.95. The fraction of sp³-hybridized carbons (Fsp3) is 0.409. The summed E-state index contributed by atoms with van der Waals surface area (Å²) in [6.45, 7) is 5.31. The van der Waals surface area contributed by atoms with Crippen molar-refractivity contribution in [2.24, 2.45) is 5.41 Å². The van der Waals surface area contributed by atoms with Gasteiger partial charge in [-0.05, 0) is 42.9 Å². The van der Waals surface area contributed by atoms with Gasteiger partial charge >= 0.3 is 0 Å². The minimum atomic E-state index is -0.301. The van der Waals surface area contributed by atoms with Crippen LogP contribution >= 0.6 is 0 Å². The second-order valence-corrected chi connectivity index (χ2v) is 8.97. The molecule has 31 heavy (non-hydrogen) atoms. The maximum atomic E-state index is 13.1. The molecule has 1 aromatic carbocycles. The highest BCUT2D eigenvalue weighted by Gasteiger charge is 2.53. The van der Waals surface area contributed by atoms with Crippen LogP contribution in [-0.4, -0.2) is 65.0 Å². The molecule has 2 saturated heterocycles. The van der Waals surface area contributed by atoms with Gasteiger partial charge < -0.3 is 14.5 Å². The number of ether oxygens (including phenoxy) is 1. The van der Waals surface area contributed by atoms with E-state index in [1.165, 1.54) is 17.8 Å². The van der Waals surface area contributed by atoms with Crippen molar-refractivity contribution >= 4 is 11.8 Å². The van der Waals surface area contributed by atoms with E-state index in [1.807, 2.05) is 6.07 Å². The van der Waals surface area contributed by atoms with Gasteiger partial charge in [-0.25, -0.2) is 9.37 Å². The third-order valence-electron chi connectivity index (χ3n) is 6.52. The molecule has 0 bridgehead atoms. The predicted octanol–water partition coefficient (Wildman–Crippen LogP) is 2.08. The number of aromatic nitrogens is 4. The van der Waals surface area contributed by atoms with E-state index in [9.17, 15) is 4.39 Å². The summed E-state index contributed by atoms with van der Waals surface area (Å²) in [7, 11) is 3.79. The number of methoxy groups -OCH3 is 1. The number of nitrogens with zero attached hydrogens (tertiary/aromatic N) is 7. The SMILES string of the molecule is COc1ccc2c(c1)CN(C)Cc1nnc(N3CC4(CN(c5ccc(F)cn5)C4)C3)n1-2. The maximum absolute atomic E-state index is 13.1. The lowest BCUT2D eigenvalue weighted by Gasteiger charge is -2.60. The standard InChI is InChI=1S/C22H24FN7O/c1-27-9-15-7-17(31-2)4-5-18(15)30-20(10-27)25-26-21(30)29-13-22(14-29)11-28(12-22)19-6-3-16(23)8-24-19/h3-8H,9-14H2,1-2H3. The topological polar surface area (TPSA) is 62.6 Å². The third-order valence-corrected chi connectivity index (χ3v) is 6.52. The van der Waals surface area contributed by atoms with Gasteiger partial charge in [-0.1, -0.05) is 0 Å². The molecule has 5 heterocycles. The number of fused-ring (bicyclic) bond motifs is 3. The minimum Gasteiger partial charge on any atom is -0.497 e. The van der Waals surface area contributed by atoms with E-state index in [0.717, 1.165) is 68.3 Å². The van der Waals surface area contributed by atoms with Gasteiger partial charge in [0.15, 0.2) is 5.82 Å². The van der Waals surface area contributed by atoms with E-state index in [1.54, 1.807) is 13.2 Å². The molecule has 2 fully saturated rings. The molecule has 0 unspecified atom stereocenters. The van der Waals surface area contributed by atoms with Crippen LogP contribution in [0.4, 0.5) is 16.2 Å². The summed E-state index contributed by atoms with van der Waals surface area (Å²) in [5, 5.41) is 9.08. The van der Waals surface area contributed by atoms with E-state index in [4.69, 9.17) is 4.74 Å². The molecule has 0 amide bonds. The van der Waals surface area contributed by atoms with Gasteiger partial charge in [0.05, 0.1) is 25.5 Å². The van der Waals surface area contributed by atoms with Gasteiger partial charge in [0.2, 0.25) is 5.95 Å². The molecular formula is C22H24FN7O. The van der Waals surface area contributed by atoms with Gasteiger partial charge in [0.25, 0.3) is 0 Å². The van der Waals surface area contributed by atoms with Crippen LogP contribution in [0, 0.1) is 11.2 Å². The lowest BCUT2D eigenvalue weighted by molar-refractivity contribution is 0.153. The maximum Gasteiger partial charge on any atom is 0.231 e. The second-order valence-electron chi connectivity index (χ2n) is 8.97. The zero-order valence-corrected chi connectivity index (χ0v) is 17.6. The van der Waals surface area contributed by atoms with Crippen LogP contribution in [0.1, 0.15) is 11.4 Å². The molecule has 8 nitrogen and oxygen atoms in total. The molecule has 9 heteroatoms. The van der Waals surface area contributed by atoms with Crippen LogP contribution < -0.4 is 14.5 Å². The van der Waals surface area contributed by atoms with Crippen LogP contribution in [0.25, 0.3) is 5.69 Å². The Kier molecular flexibility index (Phi) is 3.98. The number of hydrogen-bond acceptors (Lipinski definition) is 7. The minimum absolute atomic E-state index is 0.243. The van der Waals surface area contributed by atoms with E-state index in [2.05, 4.69) is 53.6 Å². The van der Waals surface area contributed by atoms with Gasteiger partial charge in [0.1, 0.15) is 17.4 Å². The quantitative estimate of drug-likeness (QED) is 0.642. The zero-order chi connectivity index (χ0) is 21.2. The molecule has 0 N–H and O–H groups in total. The van der Waals surface area contributed by atoms with Gasteiger partial charge in [-0.3, -0.25) is 9.47 Å². The van der Waals surface area contributed by atoms with Crippen LogP contribution in [0.15, 0.2) is 36.5 Å². The molecule has 160 valence electrons. The van der Waals surface area contributed by atoms with Crippen molar-refractivity contribution in [1.29, 1.82) is 0 Å². The largest absolute Gasteiger partial charge is 0.497 e. The predicted molar refractivity (Wildman–Crippen MR) is 114 cm³/mol. The molecule has 0 saturated carbocycles. The monoisotopic (exact) mass is 421 g/mol. The Hall–Kier alpha value is -3.20. The van der Waals surface area contributed by atoms with Crippen LogP contribution in [0.5, 0.6) is 5.75 Å². The molecule has 3 aromatic rings. The van der Waals surface area contributed by atoms with Gasteiger partial charge in [-0.2, -0.15) is 0 Å². The van der Waals surface area contributed by atoms with E-state index in [-0.39, 0.29) is 11.2 Å². The summed E-state index contributed by atoms with van der Waals surface area (Å²) in [5.74, 6) is 3.25. The highest BCUT2D eigenvalue weighted by molar-refractivity contribution is 5.55. The van der Waals surface area contributed by atoms with Crippen molar-refractivity contribution < 1.29 is 9.13 Å². The number of hydrogen-bond donors (Lipinski definition) is 0. The van der Waals surface area contributed by atoms with Crippen molar-refractivity contribution in [1.82, 2.24) is 24.6 Å². The van der Waals surface area contributed by atoms with Crippen molar-refractivity contribution in [3.8, 4) is 11.4 Å². The zero-order valence-electron chi connectivity index (χ0n) is 17.6. The average Bonchev–Trinajstić information content (AvgIpc) is 3.03. The molecule has 3 aliphatic heterocycles. The normalized spacial score (nSPS) is 19.3. The Morgan fingerprint density at radius 1 is 1.00 bits per heavy atom. The molecule has 6 rings (SSSR count). The first-order chi connectivity index (χ1) is 15.0. The summed E-state index contributed by atoms with van der Waals surface area (Å²) in [6.07, 6.45) is 1.28. The van der Waals surface area contributed by atoms with E-state index < -0.39 is 0 Å². The van der Waals surface area contributed by atoms with Crippen molar-refractivity contribution in [2.75, 3.05) is 50.1 Å². The Labute approximate surface area is 179 Å². The Bertz CT molecular complexity index is 1130. The summed E-state index contributed by atoms with van der Waals surface area (Å²) in [4.78, 5) is 11.0. The van der Waals surface area contributed by atoms with Crippen molar-refractivity contribution in [2.45, 2.75) is 13.1 Å². The molecule has 3 aliphatic rings. The smallest absolute Gasteiger partial charge is 0.231 e. The summed E-state index contributed by atoms with van der Waals surface area (Å²) in [5.41, 5.74) is 2.56. The van der Waals surface area contributed by atoms with Crippen LogP contribution in [0.3, 0.4) is 0 Å². The summed E-state index contributed by atoms with van der Waals surface area (Å²) >= 11 is 0. The van der Waals surface area contributed by atoms with E-state index >= 15 is 0 Å². The van der Waals surface area contributed by atoms with Gasteiger partial charge in [0, 0.05) is 38.1 Å². The molecule has 0 aliphatic carbocycles. The number of halogens is 1. The molecule has 2 aromatic heterocycles. The molecular weight excluding hydrogens is 397 g/mol.